The highest BCUT2D eigenvalue weighted by atomic mass is 79.9. The smallest absolute Gasteiger partial charge is 0.338 e. The number of rotatable bonds is 4. The second-order valence-corrected chi connectivity index (χ2v) is 4.85. The molecule has 0 heterocycles. The van der Waals surface area contributed by atoms with Gasteiger partial charge in [-0.2, -0.15) is 0 Å². The summed E-state index contributed by atoms with van der Waals surface area (Å²) in [5.74, 6) is 0.410. The second kappa shape index (κ2) is 6.38. The van der Waals surface area contributed by atoms with Crippen molar-refractivity contribution in [2.75, 3.05) is 7.11 Å². The van der Waals surface area contributed by atoms with Gasteiger partial charge in [0.1, 0.15) is 12.4 Å². The highest BCUT2D eigenvalue weighted by molar-refractivity contribution is 9.10. The molecule has 2 rings (SSSR count). The Hall–Kier alpha value is -1.81. The van der Waals surface area contributed by atoms with Gasteiger partial charge < -0.3 is 9.47 Å². The zero-order chi connectivity index (χ0) is 13.7. The average Bonchev–Trinajstić information content (AvgIpc) is 2.46. The van der Waals surface area contributed by atoms with Crippen LogP contribution in [0.1, 0.15) is 15.9 Å². The highest BCUT2D eigenvalue weighted by Gasteiger charge is 2.07. The maximum atomic E-state index is 11.8. The summed E-state index contributed by atoms with van der Waals surface area (Å²) in [7, 11) is 1.60. The quantitative estimate of drug-likeness (QED) is 0.803. The van der Waals surface area contributed by atoms with Gasteiger partial charge in [-0.1, -0.05) is 28.1 Å². The van der Waals surface area contributed by atoms with Crippen LogP contribution in [0.2, 0.25) is 0 Å². The Morgan fingerprint density at radius 1 is 1.16 bits per heavy atom. The Morgan fingerprint density at radius 3 is 2.58 bits per heavy atom. The van der Waals surface area contributed by atoms with Gasteiger partial charge in [0, 0.05) is 4.47 Å². The van der Waals surface area contributed by atoms with Crippen molar-refractivity contribution >= 4 is 21.9 Å². The number of ether oxygens (including phenoxy) is 2. The standard InChI is InChI=1S/C15H13BrO3/c1-18-14-4-2-3-11(9-14)10-19-15(17)12-5-7-13(16)8-6-12/h2-9H,10H2,1H3. The minimum atomic E-state index is -0.338. The van der Waals surface area contributed by atoms with Crippen LogP contribution in [0.15, 0.2) is 53.0 Å². The lowest BCUT2D eigenvalue weighted by atomic mass is 10.2. The summed E-state index contributed by atoms with van der Waals surface area (Å²) in [6.45, 7) is 0.228. The van der Waals surface area contributed by atoms with Crippen LogP contribution >= 0.6 is 15.9 Å². The maximum absolute atomic E-state index is 11.8. The van der Waals surface area contributed by atoms with Crippen molar-refractivity contribution in [3.05, 3.63) is 64.1 Å². The molecule has 0 aliphatic heterocycles. The zero-order valence-corrected chi connectivity index (χ0v) is 12.0. The molecular weight excluding hydrogens is 308 g/mol. The van der Waals surface area contributed by atoms with Crippen LogP contribution in [-0.4, -0.2) is 13.1 Å². The van der Waals surface area contributed by atoms with Gasteiger partial charge in [-0.15, -0.1) is 0 Å². The molecule has 3 nitrogen and oxygen atoms in total. The fourth-order valence-electron chi connectivity index (χ4n) is 1.58. The molecule has 98 valence electrons. The molecule has 0 fully saturated rings. The Kier molecular flexibility index (Phi) is 4.58. The van der Waals surface area contributed by atoms with Crippen molar-refractivity contribution < 1.29 is 14.3 Å². The molecule has 0 saturated heterocycles. The summed E-state index contributed by atoms with van der Waals surface area (Å²) in [5.41, 5.74) is 1.43. The van der Waals surface area contributed by atoms with Crippen molar-refractivity contribution in [1.29, 1.82) is 0 Å². The largest absolute Gasteiger partial charge is 0.497 e. The van der Waals surface area contributed by atoms with E-state index in [2.05, 4.69) is 15.9 Å². The third-order valence-corrected chi connectivity index (χ3v) is 3.11. The SMILES string of the molecule is COc1cccc(COC(=O)c2ccc(Br)cc2)c1. The van der Waals surface area contributed by atoms with E-state index in [1.807, 2.05) is 36.4 Å². The first-order chi connectivity index (χ1) is 9.19. The van der Waals surface area contributed by atoms with Crippen molar-refractivity contribution in [3.63, 3.8) is 0 Å². The summed E-state index contributed by atoms with van der Waals surface area (Å²) in [6, 6.07) is 14.5. The van der Waals surface area contributed by atoms with Crippen LogP contribution in [0.3, 0.4) is 0 Å². The molecule has 0 atom stereocenters. The molecule has 0 spiro atoms. The Morgan fingerprint density at radius 2 is 1.89 bits per heavy atom. The van der Waals surface area contributed by atoms with Crippen molar-refractivity contribution in [3.8, 4) is 5.75 Å². The number of esters is 1. The predicted molar refractivity (Wildman–Crippen MR) is 76.3 cm³/mol. The molecule has 0 aliphatic rings. The molecule has 2 aromatic carbocycles. The summed E-state index contributed by atoms with van der Waals surface area (Å²) in [6.07, 6.45) is 0. The summed E-state index contributed by atoms with van der Waals surface area (Å²) < 4.78 is 11.3. The summed E-state index contributed by atoms with van der Waals surface area (Å²) >= 11 is 3.32. The van der Waals surface area contributed by atoms with Gasteiger partial charge >= 0.3 is 5.97 Å². The van der Waals surface area contributed by atoms with Crippen LogP contribution in [0.4, 0.5) is 0 Å². The van der Waals surface area contributed by atoms with E-state index in [0.717, 1.165) is 15.8 Å². The maximum Gasteiger partial charge on any atom is 0.338 e. The number of hydrogen-bond donors (Lipinski definition) is 0. The number of benzene rings is 2. The molecule has 19 heavy (non-hydrogen) atoms. The zero-order valence-electron chi connectivity index (χ0n) is 10.4. The van der Waals surface area contributed by atoms with Crippen molar-refractivity contribution in [2.45, 2.75) is 6.61 Å². The number of halogens is 1. The second-order valence-electron chi connectivity index (χ2n) is 3.93. The van der Waals surface area contributed by atoms with Gasteiger partial charge in [-0.3, -0.25) is 0 Å². The molecule has 0 bridgehead atoms. The van der Waals surface area contributed by atoms with E-state index in [1.54, 1.807) is 19.2 Å². The fourth-order valence-corrected chi connectivity index (χ4v) is 1.84. The average molecular weight is 321 g/mol. The number of carbonyl (C=O) groups excluding carboxylic acids is 1. The van der Waals surface area contributed by atoms with Crippen LogP contribution in [0, 0.1) is 0 Å². The number of methoxy groups -OCH3 is 1. The van der Waals surface area contributed by atoms with Crippen molar-refractivity contribution in [2.24, 2.45) is 0 Å². The molecule has 0 radical (unpaired) electrons. The Balaban J connectivity index is 1.98. The van der Waals surface area contributed by atoms with E-state index in [4.69, 9.17) is 9.47 Å². The Bertz CT molecular complexity index is 564. The summed E-state index contributed by atoms with van der Waals surface area (Å²) in [4.78, 5) is 11.8. The van der Waals surface area contributed by atoms with Crippen LogP contribution in [0.25, 0.3) is 0 Å². The van der Waals surface area contributed by atoms with E-state index in [1.165, 1.54) is 0 Å². The van der Waals surface area contributed by atoms with Gasteiger partial charge in [-0.25, -0.2) is 4.79 Å². The van der Waals surface area contributed by atoms with Crippen LogP contribution < -0.4 is 4.74 Å². The van der Waals surface area contributed by atoms with Gasteiger partial charge in [0.05, 0.1) is 12.7 Å². The van der Waals surface area contributed by atoms with E-state index < -0.39 is 0 Å². The monoisotopic (exact) mass is 320 g/mol. The van der Waals surface area contributed by atoms with Gasteiger partial charge in [0.2, 0.25) is 0 Å². The Labute approximate surface area is 120 Å². The third-order valence-electron chi connectivity index (χ3n) is 2.58. The minimum absolute atomic E-state index is 0.228. The molecule has 0 amide bonds. The van der Waals surface area contributed by atoms with Crippen LogP contribution in [0.5, 0.6) is 5.75 Å². The molecule has 4 heteroatoms. The molecule has 0 N–H and O–H groups in total. The first kappa shape index (κ1) is 13.6. The minimum Gasteiger partial charge on any atom is -0.497 e. The van der Waals surface area contributed by atoms with Crippen molar-refractivity contribution in [1.82, 2.24) is 0 Å². The molecular formula is C15H13BrO3. The summed E-state index contributed by atoms with van der Waals surface area (Å²) in [5, 5.41) is 0. The lowest BCUT2D eigenvalue weighted by molar-refractivity contribution is 0.0472. The van der Waals surface area contributed by atoms with E-state index in [0.29, 0.717) is 5.56 Å². The number of carbonyl (C=O) groups is 1. The normalized spacial score (nSPS) is 10.0. The van der Waals surface area contributed by atoms with Crippen LogP contribution in [-0.2, 0) is 11.3 Å². The first-order valence-corrected chi connectivity index (χ1v) is 6.54. The van der Waals surface area contributed by atoms with Gasteiger partial charge in [-0.05, 0) is 42.0 Å². The molecule has 2 aromatic rings. The first-order valence-electron chi connectivity index (χ1n) is 5.74. The van der Waals surface area contributed by atoms with Gasteiger partial charge in [0.15, 0.2) is 0 Å². The third kappa shape index (κ3) is 3.83. The number of hydrogen-bond acceptors (Lipinski definition) is 3. The topological polar surface area (TPSA) is 35.5 Å². The fraction of sp³-hybridized carbons (Fsp3) is 0.133. The van der Waals surface area contributed by atoms with E-state index in [9.17, 15) is 4.79 Å². The van der Waals surface area contributed by atoms with E-state index >= 15 is 0 Å². The lowest BCUT2D eigenvalue weighted by Gasteiger charge is -2.06. The van der Waals surface area contributed by atoms with Gasteiger partial charge in [0.25, 0.3) is 0 Å². The predicted octanol–water partition coefficient (Wildman–Crippen LogP) is 3.81. The highest BCUT2D eigenvalue weighted by Crippen LogP contribution is 2.15. The van der Waals surface area contributed by atoms with E-state index in [-0.39, 0.29) is 12.6 Å². The molecule has 0 saturated carbocycles. The lowest BCUT2D eigenvalue weighted by Crippen LogP contribution is -2.05. The molecule has 0 aromatic heterocycles. The molecule has 0 unspecified atom stereocenters. The molecule has 0 aliphatic carbocycles.